The third kappa shape index (κ3) is 3.95. The number of pyridine rings is 1. The normalized spacial score (nSPS) is 15.2. The fourth-order valence-corrected chi connectivity index (χ4v) is 2.78. The largest absolute Gasteiger partial charge is 0.354 e. The third-order valence-corrected chi connectivity index (χ3v) is 4.14. The van der Waals surface area contributed by atoms with Crippen molar-refractivity contribution in [3.8, 4) is 0 Å². The summed E-state index contributed by atoms with van der Waals surface area (Å²) in [6, 6.07) is 5.30. The molecule has 2 aromatic heterocycles. The van der Waals surface area contributed by atoms with E-state index >= 15 is 0 Å². The first kappa shape index (κ1) is 16.1. The lowest BCUT2D eigenvalue weighted by Crippen LogP contribution is -2.43. The second-order valence-corrected chi connectivity index (χ2v) is 5.73. The number of aromatic nitrogens is 4. The molecule has 3 rings (SSSR count). The minimum absolute atomic E-state index is 0.0417. The maximum Gasteiger partial charge on any atom is 0.272 e. The van der Waals surface area contributed by atoms with Crippen LogP contribution in [0.25, 0.3) is 0 Å². The summed E-state index contributed by atoms with van der Waals surface area (Å²) in [5.74, 6) is -0.0748. The van der Waals surface area contributed by atoms with Gasteiger partial charge in [-0.3, -0.25) is 19.3 Å². The molecular formula is C16H20N6O2. The van der Waals surface area contributed by atoms with E-state index in [2.05, 4.69) is 20.4 Å². The first-order valence-electron chi connectivity index (χ1n) is 8.04. The highest BCUT2D eigenvalue weighted by atomic mass is 16.2. The van der Waals surface area contributed by atoms with E-state index in [0.717, 1.165) is 0 Å². The Kier molecular flexibility index (Phi) is 5.15. The molecule has 1 N–H and O–H groups in total. The van der Waals surface area contributed by atoms with Gasteiger partial charge in [-0.25, -0.2) is 4.98 Å². The van der Waals surface area contributed by atoms with Crippen molar-refractivity contribution < 1.29 is 9.59 Å². The van der Waals surface area contributed by atoms with Crippen LogP contribution >= 0.6 is 0 Å². The zero-order valence-corrected chi connectivity index (χ0v) is 13.3. The van der Waals surface area contributed by atoms with Crippen molar-refractivity contribution in [2.24, 2.45) is 5.92 Å². The van der Waals surface area contributed by atoms with Crippen LogP contribution in [-0.4, -0.2) is 56.1 Å². The molecule has 3 heterocycles. The van der Waals surface area contributed by atoms with E-state index < -0.39 is 0 Å². The molecule has 0 radical (unpaired) electrons. The van der Waals surface area contributed by atoms with Crippen LogP contribution in [0.3, 0.4) is 0 Å². The SMILES string of the molecule is O=C(NCCn1cncn1)C1CCN(C(=O)c2ccccn2)CC1. The summed E-state index contributed by atoms with van der Waals surface area (Å²) in [5.41, 5.74) is 0.452. The Hall–Kier alpha value is -2.77. The Bertz CT molecular complexity index is 665. The Labute approximate surface area is 139 Å². The van der Waals surface area contributed by atoms with E-state index in [9.17, 15) is 9.59 Å². The Morgan fingerprint density at radius 1 is 1.25 bits per heavy atom. The molecule has 0 saturated carbocycles. The number of hydrogen-bond acceptors (Lipinski definition) is 5. The highest BCUT2D eigenvalue weighted by Crippen LogP contribution is 2.18. The van der Waals surface area contributed by atoms with Gasteiger partial charge in [0.05, 0.1) is 6.54 Å². The average molecular weight is 328 g/mol. The van der Waals surface area contributed by atoms with Gasteiger partial charge in [0.25, 0.3) is 5.91 Å². The second kappa shape index (κ2) is 7.67. The molecule has 8 nitrogen and oxygen atoms in total. The lowest BCUT2D eigenvalue weighted by molar-refractivity contribution is -0.126. The summed E-state index contributed by atoms with van der Waals surface area (Å²) in [6.45, 7) is 2.28. The van der Waals surface area contributed by atoms with E-state index in [1.165, 1.54) is 6.33 Å². The summed E-state index contributed by atoms with van der Waals surface area (Å²) >= 11 is 0. The molecule has 1 aliphatic heterocycles. The van der Waals surface area contributed by atoms with Crippen molar-refractivity contribution >= 4 is 11.8 Å². The quantitative estimate of drug-likeness (QED) is 0.854. The van der Waals surface area contributed by atoms with Gasteiger partial charge in [0.1, 0.15) is 18.3 Å². The maximum atomic E-state index is 12.3. The number of nitrogens with zero attached hydrogens (tertiary/aromatic N) is 5. The van der Waals surface area contributed by atoms with Crippen LogP contribution in [0.4, 0.5) is 0 Å². The molecule has 24 heavy (non-hydrogen) atoms. The highest BCUT2D eigenvalue weighted by molar-refractivity contribution is 5.92. The van der Waals surface area contributed by atoms with Crippen LogP contribution in [-0.2, 0) is 11.3 Å². The summed E-state index contributed by atoms with van der Waals surface area (Å²) in [7, 11) is 0. The number of likely N-dealkylation sites (tertiary alicyclic amines) is 1. The lowest BCUT2D eigenvalue weighted by atomic mass is 9.95. The molecule has 0 atom stereocenters. The highest BCUT2D eigenvalue weighted by Gasteiger charge is 2.27. The standard InChI is InChI=1S/C16H20N6O2/c23-15(19-7-10-22-12-17-11-20-22)13-4-8-21(9-5-13)16(24)14-3-1-2-6-18-14/h1-3,6,11-13H,4-5,7-10H2,(H,19,23). The van der Waals surface area contributed by atoms with Crippen molar-refractivity contribution in [2.45, 2.75) is 19.4 Å². The molecule has 0 aliphatic carbocycles. The average Bonchev–Trinajstić information content (AvgIpc) is 3.15. The van der Waals surface area contributed by atoms with Crippen LogP contribution in [0, 0.1) is 5.92 Å². The molecule has 0 spiro atoms. The zero-order valence-electron chi connectivity index (χ0n) is 13.3. The Morgan fingerprint density at radius 3 is 2.75 bits per heavy atom. The molecule has 126 valence electrons. The predicted octanol–water partition coefficient (Wildman–Crippen LogP) is 0.342. The summed E-state index contributed by atoms with van der Waals surface area (Å²) < 4.78 is 1.68. The van der Waals surface area contributed by atoms with Crippen molar-refractivity contribution in [2.75, 3.05) is 19.6 Å². The van der Waals surface area contributed by atoms with Gasteiger partial charge >= 0.3 is 0 Å². The van der Waals surface area contributed by atoms with E-state index in [-0.39, 0.29) is 17.7 Å². The van der Waals surface area contributed by atoms with Crippen LogP contribution in [0.15, 0.2) is 37.1 Å². The van der Waals surface area contributed by atoms with E-state index in [4.69, 9.17) is 0 Å². The summed E-state index contributed by atoms with van der Waals surface area (Å²) in [6.07, 6.45) is 6.05. The second-order valence-electron chi connectivity index (χ2n) is 5.73. The smallest absolute Gasteiger partial charge is 0.272 e. The Balaban J connectivity index is 1.43. The van der Waals surface area contributed by atoms with Crippen molar-refractivity contribution in [3.63, 3.8) is 0 Å². The van der Waals surface area contributed by atoms with Crippen LogP contribution in [0.2, 0.25) is 0 Å². The molecule has 1 fully saturated rings. The minimum atomic E-state index is -0.0689. The number of carbonyl (C=O) groups excluding carboxylic acids is 2. The van der Waals surface area contributed by atoms with Crippen LogP contribution in [0.5, 0.6) is 0 Å². The summed E-state index contributed by atoms with van der Waals surface area (Å²) in [5, 5.41) is 6.91. The van der Waals surface area contributed by atoms with Crippen molar-refractivity contribution in [1.29, 1.82) is 0 Å². The van der Waals surface area contributed by atoms with E-state index in [1.54, 1.807) is 40.3 Å². The van der Waals surface area contributed by atoms with Crippen LogP contribution in [0.1, 0.15) is 23.3 Å². The van der Waals surface area contributed by atoms with Gasteiger partial charge in [-0.15, -0.1) is 0 Å². The molecule has 0 aromatic carbocycles. The number of piperidine rings is 1. The number of amides is 2. The van der Waals surface area contributed by atoms with E-state index in [1.807, 2.05) is 0 Å². The monoisotopic (exact) mass is 328 g/mol. The van der Waals surface area contributed by atoms with Gasteiger partial charge in [-0.1, -0.05) is 6.07 Å². The predicted molar refractivity (Wildman–Crippen MR) is 85.9 cm³/mol. The molecule has 1 aliphatic rings. The van der Waals surface area contributed by atoms with Gasteiger partial charge < -0.3 is 10.2 Å². The molecule has 1 saturated heterocycles. The fraction of sp³-hybridized carbons (Fsp3) is 0.438. The van der Waals surface area contributed by atoms with Crippen LogP contribution < -0.4 is 5.32 Å². The zero-order chi connectivity index (χ0) is 16.8. The first-order valence-corrected chi connectivity index (χ1v) is 8.04. The minimum Gasteiger partial charge on any atom is -0.354 e. The lowest BCUT2D eigenvalue weighted by Gasteiger charge is -2.31. The first-order chi connectivity index (χ1) is 11.7. The van der Waals surface area contributed by atoms with Crippen molar-refractivity contribution in [1.82, 2.24) is 30.0 Å². The van der Waals surface area contributed by atoms with Crippen molar-refractivity contribution in [3.05, 3.63) is 42.7 Å². The van der Waals surface area contributed by atoms with E-state index in [0.29, 0.717) is 44.7 Å². The van der Waals surface area contributed by atoms with Gasteiger partial charge in [0.15, 0.2) is 0 Å². The van der Waals surface area contributed by atoms with Gasteiger partial charge in [-0.05, 0) is 25.0 Å². The topological polar surface area (TPSA) is 93.0 Å². The summed E-state index contributed by atoms with van der Waals surface area (Å²) in [4.78, 5) is 34.2. The third-order valence-electron chi connectivity index (χ3n) is 4.14. The molecule has 0 bridgehead atoms. The molecular weight excluding hydrogens is 308 g/mol. The molecule has 2 amide bonds. The maximum absolute atomic E-state index is 12.3. The number of hydrogen-bond donors (Lipinski definition) is 1. The Morgan fingerprint density at radius 2 is 2.08 bits per heavy atom. The molecule has 0 unspecified atom stereocenters. The van der Waals surface area contributed by atoms with Gasteiger partial charge in [0, 0.05) is 31.7 Å². The molecule has 2 aromatic rings. The molecule has 8 heteroatoms. The number of carbonyl (C=O) groups is 2. The number of rotatable bonds is 5. The van der Waals surface area contributed by atoms with Gasteiger partial charge in [-0.2, -0.15) is 5.10 Å². The fourth-order valence-electron chi connectivity index (χ4n) is 2.78. The van der Waals surface area contributed by atoms with Gasteiger partial charge in [0.2, 0.25) is 5.91 Å². The number of nitrogens with one attached hydrogen (secondary N) is 1.